The molecule has 1 aromatic carbocycles. The van der Waals surface area contributed by atoms with Crippen molar-refractivity contribution in [2.45, 2.75) is 37.1 Å². The average Bonchev–Trinajstić information content (AvgIpc) is 2.98. The third kappa shape index (κ3) is 2.92. The van der Waals surface area contributed by atoms with E-state index in [1.54, 1.807) is 12.3 Å². The molecule has 0 spiro atoms. The Bertz CT molecular complexity index is 694. The minimum Gasteiger partial charge on any atom is -0.248 e. The largest absolute Gasteiger partial charge is 0.248 e. The zero-order chi connectivity index (χ0) is 14.0. The lowest BCUT2D eigenvalue weighted by Crippen LogP contribution is -2.23. The van der Waals surface area contributed by atoms with Crippen LogP contribution in [0.2, 0.25) is 0 Å². The van der Waals surface area contributed by atoms with Crippen LogP contribution >= 0.6 is 11.3 Å². The van der Waals surface area contributed by atoms with Gasteiger partial charge in [0, 0.05) is 11.6 Å². The molecule has 20 heavy (non-hydrogen) atoms. The lowest BCUT2D eigenvalue weighted by molar-refractivity contribution is 0.580. The number of hydrogen-bond acceptors (Lipinski definition) is 4. The molecule has 4 nitrogen and oxygen atoms in total. The average molecular weight is 308 g/mol. The Labute approximate surface area is 122 Å². The molecule has 106 valence electrons. The van der Waals surface area contributed by atoms with Gasteiger partial charge in [0.05, 0.1) is 11.4 Å². The van der Waals surface area contributed by atoms with Crippen molar-refractivity contribution in [1.82, 2.24) is 9.71 Å². The summed E-state index contributed by atoms with van der Waals surface area (Å²) in [4.78, 5) is 4.43. The van der Waals surface area contributed by atoms with Crippen LogP contribution in [0.3, 0.4) is 0 Å². The minimum absolute atomic E-state index is 0.247. The Hall–Kier alpha value is -1.24. The monoisotopic (exact) mass is 308 g/mol. The first kappa shape index (κ1) is 13.7. The van der Waals surface area contributed by atoms with Crippen LogP contribution in [0.5, 0.6) is 0 Å². The Morgan fingerprint density at radius 3 is 2.75 bits per heavy atom. The molecule has 0 amide bonds. The first-order valence-electron chi connectivity index (χ1n) is 6.65. The van der Waals surface area contributed by atoms with Gasteiger partial charge in [0.25, 0.3) is 0 Å². The van der Waals surface area contributed by atoms with Crippen LogP contribution in [0.15, 0.2) is 34.7 Å². The highest BCUT2D eigenvalue weighted by Crippen LogP contribution is 2.24. The van der Waals surface area contributed by atoms with E-state index in [9.17, 15) is 8.42 Å². The van der Waals surface area contributed by atoms with E-state index in [1.807, 2.05) is 17.5 Å². The standard InChI is InChI=1S/C14H16N2O2S2/c17-20(18,16-10-14-15-7-8-19-14)13-6-5-11-3-1-2-4-12(11)9-13/h5-9,16H,1-4,10H2. The number of thiazole rings is 1. The molecule has 1 heterocycles. The molecule has 2 aromatic rings. The van der Waals surface area contributed by atoms with E-state index in [2.05, 4.69) is 9.71 Å². The quantitative estimate of drug-likeness (QED) is 0.944. The third-order valence-electron chi connectivity index (χ3n) is 3.53. The Balaban J connectivity index is 1.80. The molecular weight excluding hydrogens is 292 g/mol. The van der Waals surface area contributed by atoms with Crippen LogP contribution in [-0.4, -0.2) is 13.4 Å². The maximum atomic E-state index is 12.3. The van der Waals surface area contributed by atoms with Crippen LogP contribution in [0, 0.1) is 0 Å². The fraction of sp³-hybridized carbons (Fsp3) is 0.357. The summed E-state index contributed by atoms with van der Waals surface area (Å²) in [5, 5.41) is 2.61. The minimum atomic E-state index is -3.45. The normalized spacial score (nSPS) is 15.0. The number of aryl methyl sites for hydroxylation is 2. The molecule has 0 bridgehead atoms. The van der Waals surface area contributed by atoms with Crippen LogP contribution in [0.4, 0.5) is 0 Å². The summed E-state index contributed by atoms with van der Waals surface area (Å²) >= 11 is 1.44. The summed E-state index contributed by atoms with van der Waals surface area (Å²) < 4.78 is 27.2. The van der Waals surface area contributed by atoms with Gasteiger partial charge in [-0.3, -0.25) is 0 Å². The first-order chi connectivity index (χ1) is 9.65. The number of fused-ring (bicyclic) bond motifs is 1. The fourth-order valence-corrected chi connectivity index (χ4v) is 4.14. The van der Waals surface area contributed by atoms with Crippen molar-refractivity contribution in [3.05, 3.63) is 45.9 Å². The van der Waals surface area contributed by atoms with Crippen molar-refractivity contribution in [1.29, 1.82) is 0 Å². The van der Waals surface area contributed by atoms with Gasteiger partial charge in [-0.2, -0.15) is 0 Å². The van der Waals surface area contributed by atoms with Gasteiger partial charge in [0.2, 0.25) is 10.0 Å². The summed E-state index contributed by atoms with van der Waals surface area (Å²) in [5.41, 5.74) is 2.46. The predicted octanol–water partition coefficient (Wildman–Crippen LogP) is 2.50. The maximum absolute atomic E-state index is 12.3. The van der Waals surface area contributed by atoms with Crippen LogP contribution in [0.25, 0.3) is 0 Å². The van der Waals surface area contributed by atoms with Crippen molar-refractivity contribution in [3.8, 4) is 0 Å². The molecule has 1 N–H and O–H groups in total. The van der Waals surface area contributed by atoms with E-state index >= 15 is 0 Å². The molecule has 0 saturated heterocycles. The van der Waals surface area contributed by atoms with E-state index in [-0.39, 0.29) is 6.54 Å². The topological polar surface area (TPSA) is 59.1 Å². The molecule has 6 heteroatoms. The first-order valence-corrected chi connectivity index (χ1v) is 9.01. The van der Waals surface area contributed by atoms with Crippen molar-refractivity contribution >= 4 is 21.4 Å². The van der Waals surface area contributed by atoms with Crippen LogP contribution < -0.4 is 4.72 Å². The predicted molar refractivity (Wildman–Crippen MR) is 79.2 cm³/mol. The van der Waals surface area contributed by atoms with Gasteiger partial charge in [-0.25, -0.2) is 18.1 Å². The Kier molecular flexibility index (Phi) is 3.87. The van der Waals surface area contributed by atoms with Gasteiger partial charge in [0.1, 0.15) is 5.01 Å². The molecule has 1 aromatic heterocycles. The van der Waals surface area contributed by atoms with Gasteiger partial charge in [-0.1, -0.05) is 6.07 Å². The second kappa shape index (κ2) is 5.63. The molecule has 0 radical (unpaired) electrons. The highest BCUT2D eigenvalue weighted by atomic mass is 32.2. The summed E-state index contributed by atoms with van der Waals surface area (Å²) in [6.07, 6.45) is 6.05. The highest BCUT2D eigenvalue weighted by Gasteiger charge is 2.17. The SMILES string of the molecule is O=S(=O)(NCc1nccs1)c1ccc2c(c1)CCCC2. The summed E-state index contributed by atoms with van der Waals surface area (Å²) in [6, 6.07) is 5.47. The maximum Gasteiger partial charge on any atom is 0.240 e. The zero-order valence-corrected chi connectivity index (χ0v) is 12.6. The number of hydrogen-bond donors (Lipinski definition) is 1. The van der Waals surface area contributed by atoms with E-state index in [4.69, 9.17) is 0 Å². The van der Waals surface area contributed by atoms with Crippen molar-refractivity contribution in [2.75, 3.05) is 0 Å². The molecule has 3 rings (SSSR count). The molecule has 0 fully saturated rings. The zero-order valence-electron chi connectivity index (χ0n) is 11.0. The van der Waals surface area contributed by atoms with Gasteiger partial charge in [-0.05, 0) is 48.9 Å². The Morgan fingerprint density at radius 2 is 2.00 bits per heavy atom. The molecular formula is C14H16N2O2S2. The number of aromatic nitrogens is 1. The molecule has 0 aliphatic heterocycles. The van der Waals surface area contributed by atoms with Crippen molar-refractivity contribution in [2.24, 2.45) is 0 Å². The lowest BCUT2D eigenvalue weighted by atomic mass is 9.92. The molecule has 0 unspecified atom stereocenters. The number of benzene rings is 1. The summed E-state index contributed by atoms with van der Waals surface area (Å²) in [6.45, 7) is 0.247. The van der Waals surface area contributed by atoms with Crippen molar-refractivity contribution < 1.29 is 8.42 Å². The van der Waals surface area contributed by atoms with Gasteiger partial charge < -0.3 is 0 Å². The van der Waals surface area contributed by atoms with E-state index in [1.165, 1.54) is 28.9 Å². The second-order valence-corrected chi connectivity index (χ2v) is 7.63. The smallest absolute Gasteiger partial charge is 0.240 e. The van der Waals surface area contributed by atoms with E-state index in [0.717, 1.165) is 24.3 Å². The van der Waals surface area contributed by atoms with Gasteiger partial charge >= 0.3 is 0 Å². The molecule has 1 aliphatic carbocycles. The van der Waals surface area contributed by atoms with Gasteiger partial charge in [-0.15, -0.1) is 11.3 Å². The van der Waals surface area contributed by atoms with Crippen LogP contribution in [0.1, 0.15) is 29.0 Å². The highest BCUT2D eigenvalue weighted by molar-refractivity contribution is 7.89. The number of nitrogens with zero attached hydrogens (tertiary/aromatic N) is 1. The number of nitrogens with one attached hydrogen (secondary N) is 1. The lowest BCUT2D eigenvalue weighted by Gasteiger charge is -2.16. The molecule has 0 saturated carbocycles. The number of rotatable bonds is 4. The van der Waals surface area contributed by atoms with Gasteiger partial charge in [0.15, 0.2) is 0 Å². The van der Waals surface area contributed by atoms with Crippen LogP contribution in [-0.2, 0) is 29.4 Å². The van der Waals surface area contributed by atoms with Crippen molar-refractivity contribution in [3.63, 3.8) is 0 Å². The fourth-order valence-electron chi connectivity index (χ4n) is 2.46. The summed E-state index contributed by atoms with van der Waals surface area (Å²) in [5.74, 6) is 0. The van der Waals surface area contributed by atoms with E-state index in [0.29, 0.717) is 4.90 Å². The second-order valence-electron chi connectivity index (χ2n) is 4.89. The third-order valence-corrected chi connectivity index (χ3v) is 5.71. The number of sulfonamides is 1. The Morgan fingerprint density at radius 1 is 1.20 bits per heavy atom. The molecule has 1 aliphatic rings. The van der Waals surface area contributed by atoms with E-state index < -0.39 is 10.0 Å². The molecule has 0 atom stereocenters. The summed E-state index contributed by atoms with van der Waals surface area (Å²) in [7, 11) is -3.45.